The van der Waals surface area contributed by atoms with Gasteiger partial charge in [-0.15, -0.1) is 0 Å². The summed E-state index contributed by atoms with van der Waals surface area (Å²) >= 11 is 0. The predicted molar refractivity (Wildman–Crippen MR) is 76.3 cm³/mol. The number of carboxylic acid groups (broad SMARTS) is 1. The Morgan fingerprint density at radius 1 is 1.14 bits per heavy atom. The van der Waals surface area contributed by atoms with Crippen molar-refractivity contribution in [2.24, 2.45) is 0 Å². The number of nitrogens with zero attached hydrogens (tertiary/aromatic N) is 1. The Labute approximate surface area is 121 Å². The zero-order valence-corrected chi connectivity index (χ0v) is 11.2. The van der Waals surface area contributed by atoms with Crippen LogP contribution < -0.4 is 5.32 Å². The normalized spacial score (nSPS) is 19.8. The molecule has 1 amide bonds. The molecule has 21 heavy (non-hydrogen) atoms. The minimum Gasteiger partial charge on any atom is -0.478 e. The SMILES string of the molecule is O=C(O)c1cccnc1C(=O)NC1CC1c1ccccc1. The molecule has 2 atom stereocenters. The van der Waals surface area contributed by atoms with E-state index in [1.54, 1.807) is 0 Å². The van der Waals surface area contributed by atoms with Crippen molar-refractivity contribution in [2.75, 3.05) is 0 Å². The molecule has 1 fully saturated rings. The first-order valence-corrected chi connectivity index (χ1v) is 6.71. The van der Waals surface area contributed by atoms with Crippen molar-refractivity contribution in [3.8, 4) is 0 Å². The number of amides is 1. The van der Waals surface area contributed by atoms with Gasteiger partial charge in [-0.1, -0.05) is 30.3 Å². The fourth-order valence-electron chi connectivity index (χ4n) is 2.42. The van der Waals surface area contributed by atoms with E-state index in [1.807, 2.05) is 30.3 Å². The Hall–Kier alpha value is -2.69. The monoisotopic (exact) mass is 282 g/mol. The third-order valence-electron chi connectivity index (χ3n) is 3.59. The highest BCUT2D eigenvalue weighted by Gasteiger charge is 2.40. The average Bonchev–Trinajstić information content (AvgIpc) is 3.27. The van der Waals surface area contributed by atoms with Gasteiger partial charge < -0.3 is 10.4 Å². The quantitative estimate of drug-likeness (QED) is 0.899. The van der Waals surface area contributed by atoms with E-state index in [4.69, 9.17) is 5.11 Å². The third-order valence-corrected chi connectivity index (χ3v) is 3.59. The second-order valence-electron chi connectivity index (χ2n) is 5.04. The minimum atomic E-state index is -1.15. The van der Waals surface area contributed by atoms with E-state index >= 15 is 0 Å². The first-order chi connectivity index (χ1) is 10.2. The number of hydrogen-bond donors (Lipinski definition) is 2. The summed E-state index contributed by atoms with van der Waals surface area (Å²) < 4.78 is 0. The lowest BCUT2D eigenvalue weighted by Gasteiger charge is -2.06. The standard InChI is InChI=1S/C16H14N2O3/c19-15(14-11(16(20)21)7-4-8-17-14)18-13-9-12(13)10-5-2-1-3-6-10/h1-8,12-13H,9H2,(H,18,19)(H,20,21). The summed E-state index contributed by atoms with van der Waals surface area (Å²) in [5.41, 5.74) is 1.07. The molecule has 106 valence electrons. The molecule has 0 bridgehead atoms. The largest absolute Gasteiger partial charge is 0.478 e. The van der Waals surface area contributed by atoms with E-state index in [1.165, 1.54) is 23.9 Å². The van der Waals surface area contributed by atoms with Crippen molar-refractivity contribution in [3.63, 3.8) is 0 Å². The van der Waals surface area contributed by atoms with Crippen LogP contribution in [0.25, 0.3) is 0 Å². The van der Waals surface area contributed by atoms with Crippen LogP contribution in [-0.4, -0.2) is 28.0 Å². The molecule has 1 aromatic heterocycles. The van der Waals surface area contributed by atoms with E-state index < -0.39 is 11.9 Å². The van der Waals surface area contributed by atoms with Gasteiger partial charge in [-0.05, 0) is 24.1 Å². The Kier molecular flexibility index (Phi) is 3.39. The number of nitrogens with one attached hydrogen (secondary N) is 1. The Morgan fingerprint density at radius 2 is 1.90 bits per heavy atom. The molecule has 1 aliphatic rings. The average molecular weight is 282 g/mol. The first-order valence-electron chi connectivity index (χ1n) is 6.71. The molecule has 0 spiro atoms. The van der Waals surface area contributed by atoms with Crippen LogP contribution in [0.2, 0.25) is 0 Å². The van der Waals surface area contributed by atoms with Gasteiger partial charge >= 0.3 is 5.97 Å². The maximum Gasteiger partial charge on any atom is 0.338 e. The first kappa shape index (κ1) is 13.3. The molecule has 0 aliphatic heterocycles. The highest BCUT2D eigenvalue weighted by atomic mass is 16.4. The molecule has 1 aromatic carbocycles. The molecule has 3 rings (SSSR count). The summed E-state index contributed by atoms with van der Waals surface area (Å²) in [6, 6.07) is 12.9. The summed E-state index contributed by atoms with van der Waals surface area (Å²) in [5.74, 6) is -1.28. The lowest BCUT2D eigenvalue weighted by molar-refractivity contribution is 0.0690. The molecule has 0 radical (unpaired) electrons. The minimum absolute atomic E-state index is 0.0382. The smallest absolute Gasteiger partial charge is 0.338 e. The highest BCUT2D eigenvalue weighted by Crippen LogP contribution is 2.40. The van der Waals surface area contributed by atoms with Crippen molar-refractivity contribution in [2.45, 2.75) is 18.4 Å². The van der Waals surface area contributed by atoms with Gasteiger partial charge in [0.25, 0.3) is 5.91 Å². The zero-order valence-electron chi connectivity index (χ0n) is 11.2. The molecule has 1 aliphatic carbocycles. The van der Waals surface area contributed by atoms with Gasteiger partial charge in [0.1, 0.15) is 5.69 Å². The molecular formula is C16H14N2O3. The summed E-state index contributed by atoms with van der Waals surface area (Å²) in [6.07, 6.45) is 2.29. The van der Waals surface area contributed by atoms with Gasteiger partial charge in [0, 0.05) is 18.2 Å². The molecule has 2 unspecified atom stereocenters. The molecule has 2 aromatic rings. The van der Waals surface area contributed by atoms with E-state index in [-0.39, 0.29) is 17.3 Å². The lowest BCUT2D eigenvalue weighted by atomic mass is 10.1. The second-order valence-corrected chi connectivity index (χ2v) is 5.04. The maximum atomic E-state index is 12.2. The van der Waals surface area contributed by atoms with Crippen molar-refractivity contribution in [3.05, 3.63) is 65.5 Å². The van der Waals surface area contributed by atoms with Crippen LogP contribution in [0.4, 0.5) is 0 Å². The van der Waals surface area contributed by atoms with Gasteiger partial charge in [-0.2, -0.15) is 0 Å². The van der Waals surface area contributed by atoms with Crippen molar-refractivity contribution in [1.29, 1.82) is 0 Å². The Bertz CT molecular complexity index is 685. The molecule has 5 nitrogen and oxygen atoms in total. The topological polar surface area (TPSA) is 79.3 Å². The summed E-state index contributed by atoms with van der Waals surface area (Å²) in [4.78, 5) is 27.1. The number of rotatable bonds is 4. The second kappa shape index (κ2) is 5.36. The number of carbonyl (C=O) groups is 2. The molecule has 1 heterocycles. The fourth-order valence-corrected chi connectivity index (χ4v) is 2.42. The van der Waals surface area contributed by atoms with Crippen LogP contribution >= 0.6 is 0 Å². The van der Waals surface area contributed by atoms with Crippen LogP contribution in [0.1, 0.15) is 38.7 Å². The van der Waals surface area contributed by atoms with E-state index in [9.17, 15) is 9.59 Å². The van der Waals surface area contributed by atoms with Crippen LogP contribution in [0.15, 0.2) is 48.7 Å². The Balaban J connectivity index is 1.70. The van der Waals surface area contributed by atoms with Gasteiger partial charge in [0.15, 0.2) is 0 Å². The third kappa shape index (κ3) is 2.76. The Morgan fingerprint density at radius 3 is 2.62 bits per heavy atom. The van der Waals surface area contributed by atoms with E-state index in [0.29, 0.717) is 5.92 Å². The zero-order chi connectivity index (χ0) is 14.8. The highest BCUT2D eigenvalue weighted by molar-refractivity contribution is 6.03. The fraction of sp³-hybridized carbons (Fsp3) is 0.188. The summed E-state index contributed by atoms with van der Waals surface area (Å²) in [7, 11) is 0. The summed E-state index contributed by atoms with van der Waals surface area (Å²) in [5, 5.41) is 11.9. The van der Waals surface area contributed by atoms with Crippen molar-refractivity contribution in [1.82, 2.24) is 10.3 Å². The summed E-state index contributed by atoms with van der Waals surface area (Å²) in [6.45, 7) is 0. The van der Waals surface area contributed by atoms with E-state index in [0.717, 1.165) is 6.42 Å². The number of hydrogen-bond acceptors (Lipinski definition) is 3. The van der Waals surface area contributed by atoms with Gasteiger partial charge in [-0.3, -0.25) is 9.78 Å². The lowest BCUT2D eigenvalue weighted by Crippen LogP contribution is -2.29. The molecule has 1 saturated carbocycles. The van der Waals surface area contributed by atoms with Crippen molar-refractivity contribution >= 4 is 11.9 Å². The number of aromatic nitrogens is 1. The number of carbonyl (C=O) groups excluding carboxylic acids is 1. The molecule has 0 saturated heterocycles. The van der Waals surface area contributed by atoms with Crippen molar-refractivity contribution < 1.29 is 14.7 Å². The number of carboxylic acids is 1. The number of benzene rings is 1. The van der Waals surface area contributed by atoms with Crippen LogP contribution in [-0.2, 0) is 0 Å². The predicted octanol–water partition coefficient (Wildman–Crippen LogP) is 2.07. The molecular weight excluding hydrogens is 268 g/mol. The van der Waals surface area contributed by atoms with Crippen LogP contribution in [0, 0.1) is 0 Å². The van der Waals surface area contributed by atoms with Gasteiger partial charge in [0.2, 0.25) is 0 Å². The van der Waals surface area contributed by atoms with Crippen LogP contribution in [0.3, 0.4) is 0 Å². The van der Waals surface area contributed by atoms with Gasteiger partial charge in [0.05, 0.1) is 5.56 Å². The molecule has 5 heteroatoms. The molecule has 2 N–H and O–H groups in total. The number of aromatic carboxylic acids is 1. The van der Waals surface area contributed by atoms with E-state index in [2.05, 4.69) is 10.3 Å². The van der Waals surface area contributed by atoms with Gasteiger partial charge in [-0.25, -0.2) is 4.79 Å². The van der Waals surface area contributed by atoms with Crippen LogP contribution in [0.5, 0.6) is 0 Å². The number of pyridine rings is 1. The maximum absolute atomic E-state index is 12.2.